The molecule has 4 rings (SSSR count). The summed E-state index contributed by atoms with van der Waals surface area (Å²) >= 11 is 0. The first-order valence-corrected chi connectivity index (χ1v) is 10.3. The molecule has 2 aliphatic rings. The first kappa shape index (κ1) is 20.3. The lowest BCUT2D eigenvalue weighted by molar-refractivity contribution is -0.385. The number of rotatable bonds is 5. The van der Waals surface area contributed by atoms with Gasteiger partial charge in [-0.25, -0.2) is 4.98 Å². The van der Waals surface area contributed by atoms with Crippen LogP contribution in [0.4, 0.5) is 11.5 Å². The van der Waals surface area contributed by atoms with Gasteiger partial charge in [0.25, 0.3) is 11.6 Å². The van der Waals surface area contributed by atoms with Gasteiger partial charge in [-0.1, -0.05) is 0 Å². The van der Waals surface area contributed by atoms with Crippen molar-refractivity contribution in [2.75, 3.05) is 45.1 Å². The van der Waals surface area contributed by atoms with Crippen LogP contribution >= 0.6 is 0 Å². The lowest BCUT2D eigenvalue weighted by atomic mass is 9.94. The first-order valence-electron chi connectivity index (χ1n) is 10.3. The van der Waals surface area contributed by atoms with Gasteiger partial charge in [0, 0.05) is 45.3 Å². The molecule has 2 aliphatic heterocycles. The van der Waals surface area contributed by atoms with Gasteiger partial charge in [-0.05, 0) is 38.8 Å². The fraction of sp³-hybridized carbons (Fsp3) is 0.550. The number of hydrogen-bond donors (Lipinski definition) is 1. The number of fused-ring (bicyclic) bond motifs is 1. The van der Waals surface area contributed by atoms with Crippen LogP contribution in [-0.4, -0.2) is 75.2 Å². The minimum Gasteiger partial charge on any atom is -0.370 e. The van der Waals surface area contributed by atoms with Crippen molar-refractivity contribution in [3.05, 3.63) is 45.4 Å². The highest BCUT2D eigenvalue weighted by molar-refractivity contribution is 5.95. The van der Waals surface area contributed by atoms with Gasteiger partial charge in [-0.2, -0.15) is 5.10 Å². The molecule has 0 aliphatic carbocycles. The number of pyridine rings is 1. The zero-order chi connectivity index (χ0) is 21.3. The Bertz CT molecular complexity index is 950. The largest absolute Gasteiger partial charge is 0.370 e. The number of anilines is 1. The monoisotopic (exact) mass is 413 g/mol. The Labute approximate surface area is 175 Å². The highest BCUT2D eigenvalue weighted by Crippen LogP contribution is 2.25. The number of carbonyl (C=O) groups excluding carboxylic acids is 1. The third kappa shape index (κ3) is 4.13. The maximum absolute atomic E-state index is 13.0. The molecule has 1 N–H and O–H groups in total. The van der Waals surface area contributed by atoms with Crippen molar-refractivity contribution in [3.8, 4) is 0 Å². The average molecular weight is 413 g/mol. The smallest absolute Gasteiger partial charge is 0.290 e. The minimum absolute atomic E-state index is 0.0224. The third-order valence-corrected chi connectivity index (χ3v) is 6.03. The van der Waals surface area contributed by atoms with Crippen LogP contribution in [0.1, 0.15) is 28.2 Å². The van der Waals surface area contributed by atoms with E-state index in [1.165, 1.54) is 6.07 Å². The minimum atomic E-state index is -0.423. The van der Waals surface area contributed by atoms with Gasteiger partial charge in [-0.3, -0.25) is 19.6 Å². The zero-order valence-electron chi connectivity index (χ0n) is 17.4. The lowest BCUT2D eigenvalue weighted by Gasteiger charge is -2.32. The molecule has 1 saturated heterocycles. The Kier molecular flexibility index (Phi) is 5.67. The molecule has 0 aromatic carbocycles. The predicted octanol–water partition coefficient (Wildman–Crippen LogP) is 1.56. The maximum Gasteiger partial charge on any atom is 0.290 e. The van der Waals surface area contributed by atoms with Crippen molar-refractivity contribution in [1.29, 1.82) is 0 Å². The van der Waals surface area contributed by atoms with E-state index in [-0.39, 0.29) is 11.6 Å². The Morgan fingerprint density at radius 3 is 2.73 bits per heavy atom. The second-order valence-electron chi connectivity index (χ2n) is 8.12. The molecule has 1 fully saturated rings. The molecule has 1 amide bonds. The fourth-order valence-electron chi connectivity index (χ4n) is 4.13. The molecule has 30 heavy (non-hydrogen) atoms. The van der Waals surface area contributed by atoms with Crippen LogP contribution in [0.5, 0.6) is 0 Å². The number of piperazine rings is 1. The molecule has 0 bridgehead atoms. The number of aryl methyl sites for hydroxylation is 2. The summed E-state index contributed by atoms with van der Waals surface area (Å²) in [6.45, 7) is 6.39. The van der Waals surface area contributed by atoms with Crippen LogP contribution in [0.2, 0.25) is 0 Å². The molecule has 2 aromatic heterocycles. The van der Waals surface area contributed by atoms with Crippen molar-refractivity contribution >= 4 is 17.4 Å². The number of nitro groups is 1. The summed E-state index contributed by atoms with van der Waals surface area (Å²) in [6.07, 6.45) is 3.44. The number of nitrogens with one attached hydrogen (secondary N) is 1. The molecular formula is C20H27N7O3. The summed E-state index contributed by atoms with van der Waals surface area (Å²) in [6, 6.07) is 3.12. The topological polar surface area (TPSA) is 109 Å². The van der Waals surface area contributed by atoms with Crippen LogP contribution in [0, 0.1) is 23.0 Å². The lowest BCUT2D eigenvalue weighted by Crippen LogP contribution is -2.47. The van der Waals surface area contributed by atoms with E-state index in [9.17, 15) is 14.9 Å². The van der Waals surface area contributed by atoms with Gasteiger partial charge in [0.1, 0.15) is 11.5 Å². The fourth-order valence-corrected chi connectivity index (χ4v) is 4.13. The number of likely N-dealkylation sites (N-methyl/N-ethyl adjacent to an activating group) is 1. The number of aromatic nitrogens is 3. The number of hydrogen-bond acceptors (Lipinski definition) is 7. The van der Waals surface area contributed by atoms with Crippen LogP contribution in [0.3, 0.4) is 0 Å². The average Bonchev–Trinajstić information content (AvgIpc) is 3.15. The standard InChI is InChI=1S/C20H27N7O3/c1-14-17(27(29)30)3-4-19(23-14)21-12-15-5-6-26-18(11-15)16(13-22-26)20(28)25-9-7-24(2)8-10-25/h3-4,13,15H,5-12H2,1-2H3,(H,21,23). The van der Waals surface area contributed by atoms with Gasteiger partial charge in [0.15, 0.2) is 0 Å². The third-order valence-electron chi connectivity index (χ3n) is 6.03. The first-order chi connectivity index (χ1) is 14.4. The van der Waals surface area contributed by atoms with Crippen molar-refractivity contribution in [1.82, 2.24) is 24.6 Å². The van der Waals surface area contributed by atoms with Crippen molar-refractivity contribution < 1.29 is 9.72 Å². The van der Waals surface area contributed by atoms with E-state index in [1.54, 1.807) is 19.2 Å². The second-order valence-corrected chi connectivity index (χ2v) is 8.12. The molecule has 0 spiro atoms. The number of nitrogens with zero attached hydrogens (tertiary/aromatic N) is 6. The van der Waals surface area contributed by atoms with E-state index >= 15 is 0 Å². The molecule has 0 radical (unpaired) electrons. The molecule has 0 saturated carbocycles. The molecule has 10 nitrogen and oxygen atoms in total. The Balaban J connectivity index is 1.40. The zero-order valence-corrected chi connectivity index (χ0v) is 17.4. The van der Waals surface area contributed by atoms with Crippen molar-refractivity contribution in [2.24, 2.45) is 5.92 Å². The molecular weight excluding hydrogens is 386 g/mol. The highest BCUT2D eigenvalue weighted by atomic mass is 16.6. The Morgan fingerprint density at radius 1 is 1.27 bits per heavy atom. The predicted molar refractivity (Wildman–Crippen MR) is 112 cm³/mol. The molecule has 160 valence electrons. The summed E-state index contributed by atoms with van der Waals surface area (Å²) in [5.41, 5.74) is 2.14. The molecule has 1 unspecified atom stereocenters. The molecule has 1 atom stereocenters. The van der Waals surface area contributed by atoms with Crippen molar-refractivity contribution in [2.45, 2.75) is 26.3 Å². The number of carbonyl (C=O) groups is 1. The van der Waals surface area contributed by atoms with Crippen LogP contribution in [0.15, 0.2) is 18.3 Å². The van der Waals surface area contributed by atoms with Crippen LogP contribution in [-0.2, 0) is 13.0 Å². The van der Waals surface area contributed by atoms with Gasteiger partial charge >= 0.3 is 0 Å². The van der Waals surface area contributed by atoms with E-state index < -0.39 is 4.92 Å². The normalized spacial score (nSPS) is 19.4. The molecule has 4 heterocycles. The summed E-state index contributed by atoms with van der Waals surface area (Å²) in [7, 11) is 2.07. The summed E-state index contributed by atoms with van der Waals surface area (Å²) in [5.74, 6) is 1.04. The van der Waals surface area contributed by atoms with Crippen molar-refractivity contribution in [3.63, 3.8) is 0 Å². The van der Waals surface area contributed by atoms with Gasteiger partial charge < -0.3 is 15.1 Å². The summed E-state index contributed by atoms with van der Waals surface area (Å²) < 4.78 is 1.95. The SMILES string of the molecule is Cc1nc(NCC2CCn3ncc(C(=O)N4CCN(C)CC4)c3C2)ccc1[N+](=O)[O-]. The quantitative estimate of drug-likeness (QED) is 0.585. The number of amides is 1. The van der Waals surface area contributed by atoms with Gasteiger partial charge in [-0.15, -0.1) is 0 Å². The van der Waals surface area contributed by atoms with Gasteiger partial charge in [0.2, 0.25) is 0 Å². The second kappa shape index (κ2) is 8.39. The van der Waals surface area contributed by atoms with E-state index in [1.807, 2.05) is 9.58 Å². The van der Waals surface area contributed by atoms with E-state index in [2.05, 4.69) is 27.3 Å². The Hall–Kier alpha value is -3.01. The van der Waals surface area contributed by atoms with Gasteiger partial charge in [0.05, 0.1) is 22.4 Å². The maximum atomic E-state index is 13.0. The van der Waals surface area contributed by atoms with E-state index in [4.69, 9.17) is 0 Å². The molecule has 2 aromatic rings. The summed E-state index contributed by atoms with van der Waals surface area (Å²) in [5, 5.41) is 18.7. The van der Waals surface area contributed by atoms with Crippen LogP contribution < -0.4 is 5.32 Å². The Morgan fingerprint density at radius 2 is 2.03 bits per heavy atom. The van der Waals surface area contributed by atoms with E-state index in [0.717, 1.165) is 51.3 Å². The van der Waals surface area contributed by atoms with Crippen LogP contribution in [0.25, 0.3) is 0 Å². The highest BCUT2D eigenvalue weighted by Gasteiger charge is 2.29. The van der Waals surface area contributed by atoms with E-state index in [0.29, 0.717) is 29.5 Å². The summed E-state index contributed by atoms with van der Waals surface area (Å²) in [4.78, 5) is 32.0. The molecule has 10 heteroatoms.